The summed E-state index contributed by atoms with van der Waals surface area (Å²) in [6, 6.07) is 18.4. The molecule has 0 fully saturated rings. The van der Waals surface area contributed by atoms with Gasteiger partial charge in [0.25, 0.3) is 0 Å². The Labute approximate surface area is 152 Å². The summed E-state index contributed by atoms with van der Waals surface area (Å²) in [6.07, 6.45) is 0. The molecule has 0 saturated heterocycles. The highest BCUT2D eigenvalue weighted by Gasteiger charge is 2.11. The zero-order chi connectivity index (χ0) is 18.5. The Balaban J connectivity index is 2.14. The van der Waals surface area contributed by atoms with Gasteiger partial charge in [0.15, 0.2) is 0 Å². The van der Waals surface area contributed by atoms with E-state index in [1.165, 1.54) is 0 Å². The van der Waals surface area contributed by atoms with Gasteiger partial charge in [-0.25, -0.2) is 4.98 Å². The molecule has 2 aromatic carbocycles. The largest absolute Gasteiger partial charge is 0.507 e. The molecule has 5 heteroatoms. The van der Waals surface area contributed by atoms with Crippen molar-refractivity contribution < 1.29 is 9.84 Å². The summed E-state index contributed by atoms with van der Waals surface area (Å²) in [5.41, 5.74) is 3.76. The van der Waals surface area contributed by atoms with Crippen LogP contribution in [0.15, 0.2) is 54.6 Å². The highest BCUT2D eigenvalue weighted by atomic mass is 16.5. The Bertz CT molecular complexity index is 960. The van der Waals surface area contributed by atoms with Crippen molar-refractivity contribution in [3.63, 3.8) is 0 Å². The third kappa shape index (κ3) is 3.60. The van der Waals surface area contributed by atoms with Crippen molar-refractivity contribution in [1.82, 2.24) is 4.98 Å². The smallest absolute Gasteiger partial charge is 0.127 e. The van der Waals surface area contributed by atoms with E-state index in [4.69, 9.17) is 10.00 Å². The Morgan fingerprint density at radius 1 is 1.08 bits per heavy atom. The summed E-state index contributed by atoms with van der Waals surface area (Å²) in [5, 5.41) is 22.5. The first-order chi connectivity index (χ1) is 12.6. The van der Waals surface area contributed by atoms with Gasteiger partial charge in [-0.3, -0.25) is 0 Å². The van der Waals surface area contributed by atoms with E-state index < -0.39 is 0 Å². The number of nitriles is 1. The minimum atomic E-state index is 0.137. The van der Waals surface area contributed by atoms with Crippen LogP contribution in [0, 0.1) is 11.3 Å². The molecule has 5 nitrogen and oxygen atoms in total. The lowest BCUT2D eigenvalue weighted by Gasteiger charge is -2.12. The number of aromatic nitrogens is 1. The quantitative estimate of drug-likeness (QED) is 0.715. The van der Waals surface area contributed by atoms with E-state index in [2.05, 4.69) is 16.4 Å². The average molecular weight is 345 g/mol. The molecule has 3 rings (SSSR count). The van der Waals surface area contributed by atoms with Gasteiger partial charge in [-0.2, -0.15) is 5.26 Å². The van der Waals surface area contributed by atoms with Crippen LogP contribution in [0.5, 0.6) is 11.5 Å². The lowest BCUT2D eigenvalue weighted by Crippen LogP contribution is -2.01. The van der Waals surface area contributed by atoms with Crippen LogP contribution in [-0.4, -0.2) is 23.7 Å². The van der Waals surface area contributed by atoms with Gasteiger partial charge in [0.1, 0.15) is 17.3 Å². The SMILES string of the molecule is CCNc1cc(-c2ccc(C#N)cc2)cc(-c2cc(OC)ccc2O)n1. The van der Waals surface area contributed by atoms with E-state index in [0.717, 1.165) is 17.7 Å². The molecule has 0 aliphatic heterocycles. The normalized spacial score (nSPS) is 10.2. The number of ether oxygens (including phenoxy) is 1. The third-order valence-corrected chi connectivity index (χ3v) is 4.01. The predicted molar refractivity (Wildman–Crippen MR) is 102 cm³/mol. The molecule has 0 bridgehead atoms. The lowest BCUT2D eigenvalue weighted by molar-refractivity contribution is 0.412. The van der Waals surface area contributed by atoms with Crippen molar-refractivity contribution in [3.8, 4) is 40.0 Å². The number of phenolic OH excluding ortho intramolecular Hbond substituents is 1. The molecule has 0 radical (unpaired) electrons. The molecule has 26 heavy (non-hydrogen) atoms. The second kappa shape index (κ2) is 7.58. The number of hydrogen-bond donors (Lipinski definition) is 2. The van der Waals surface area contributed by atoms with E-state index in [1.54, 1.807) is 37.4 Å². The van der Waals surface area contributed by atoms with Gasteiger partial charge >= 0.3 is 0 Å². The summed E-state index contributed by atoms with van der Waals surface area (Å²) in [6.45, 7) is 2.73. The number of phenols is 1. The maximum atomic E-state index is 10.3. The van der Waals surface area contributed by atoms with Crippen LogP contribution in [0.4, 0.5) is 5.82 Å². The zero-order valence-electron chi connectivity index (χ0n) is 14.7. The highest BCUT2D eigenvalue weighted by molar-refractivity contribution is 5.77. The number of methoxy groups -OCH3 is 1. The van der Waals surface area contributed by atoms with E-state index in [9.17, 15) is 5.11 Å². The zero-order valence-corrected chi connectivity index (χ0v) is 14.7. The van der Waals surface area contributed by atoms with E-state index >= 15 is 0 Å². The second-order valence-corrected chi connectivity index (χ2v) is 5.73. The number of rotatable bonds is 5. The lowest BCUT2D eigenvalue weighted by atomic mass is 10.0. The van der Waals surface area contributed by atoms with Crippen LogP contribution in [0.3, 0.4) is 0 Å². The summed E-state index contributed by atoms with van der Waals surface area (Å²) >= 11 is 0. The van der Waals surface area contributed by atoms with Gasteiger partial charge in [0, 0.05) is 12.1 Å². The number of benzene rings is 2. The predicted octanol–water partition coefficient (Wildman–Crippen LogP) is 4.43. The van der Waals surface area contributed by atoms with Crippen LogP contribution >= 0.6 is 0 Å². The fourth-order valence-electron chi connectivity index (χ4n) is 2.69. The van der Waals surface area contributed by atoms with Crippen molar-refractivity contribution in [1.29, 1.82) is 5.26 Å². The summed E-state index contributed by atoms with van der Waals surface area (Å²) in [4.78, 5) is 4.61. The Hall–Kier alpha value is -3.52. The molecular formula is C21H19N3O2. The Morgan fingerprint density at radius 3 is 2.50 bits per heavy atom. The van der Waals surface area contributed by atoms with Gasteiger partial charge < -0.3 is 15.2 Å². The number of hydrogen-bond acceptors (Lipinski definition) is 5. The van der Waals surface area contributed by atoms with E-state index in [-0.39, 0.29) is 5.75 Å². The molecule has 0 aliphatic rings. The average Bonchev–Trinajstić information content (AvgIpc) is 2.68. The minimum Gasteiger partial charge on any atom is -0.507 e. The van der Waals surface area contributed by atoms with Crippen molar-refractivity contribution in [3.05, 3.63) is 60.2 Å². The molecule has 0 saturated carbocycles. The van der Waals surface area contributed by atoms with Crippen LogP contribution < -0.4 is 10.1 Å². The number of nitrogens with zero attached hydrogens (tertiary/aromatic N) is 2. The standard InChI is InChI=1S/C21H19N3O2/c1-3-23-21-11-16(15-6-4-14(13-22)5-7-15)10-19(24-21)18-12-17(26-2)8-9-20(18)25/h4-12,25H,3H2,1-2H3,(H,23,24). The molecule has 0 amide bonds. The van der Waals surface area contributed by atoms with E-state index in [1.807, 2.05) is 31.2 Å². The maximum Gasteiger partial charge on any atom is 0.127 e. The minimum absolute atomic E-state index is 0.137. The molecule has 0 atom stereocenters. The number of pyridine rings is 1. The van der Waals surface area contributed by atoms with Crippen molar-refractivity contribution >= 4 is 5.82 Å². The van der Waals surface area contributed by atoms with Crippen LogP contribution in [-0.2, 0) is 0 Å². The van der Waals surface area contributed by atoms with Gasteiger partial charge in [-0.15, -0.1) is 0 Å². The molecule has 0 spiro atoms. The third-order valence-electron chi connectivity index (χ3n) is 4.01. The first kappa shape index (κ1) is 17.3. The first-order valence-corrected chi connectivity index (χ1v) is 8.28. The molecule has 130 valence electrons. The Morgan fingerprint density at radius 2 is 1.85 bits per heavy atom. The molecule has 0 aliphatic carbocycles. The molecule has 2 N–H and O–H groups in total. The summed E-state index contributed by atoms with van der Waals surface area (Å²) < 4.78 is 5.26. The first-order valence-electron chi connectivity index (χ1n) is 8.28. The fourth-order valence-corrected chi connectivity index (χ4v) is 2.69. The van der Waals surface area contributed by atoms with Gasteiger partial charge in [-0.05, 0) is 60.5 Å². The monoisotopic (exact) mass is 345 g/mol. The highest BCUT2D eigenvalue weighted by Crippen LogP contribution is 2.34. The molecular weight excluding hydrogens is 326 g/mol. The van der Waals surface area contributed by atoms with Crippen LogP contribution in [0.1, 0.15) is 12.5 Å². The molecule has 1 aromatic heterocycles. The summed E-state index contributed by atoms with van der Waals surface area (Å²) in [5.74, 6) is 1.50. The van der Waals surface area contributed by atoms with Crippen molar-refractivity contribution in [2.45, 2.75) is 6.92 Å². The van der Waals surface area contributed by atoms with E-state index in [0.29, 0.717) is 28.4 Å². The Kier molecular flexibility index (Phi) is 5.04. The summed E-state index contributed by atoms with van der Waals surface area (Å²) in [7, 11) is 1.58. The van der Waals surface area contributed by atoms with Gasteiger partial charge in [0.05, 0.1) is 24.4 Å². The fraction of sp³-hybridized carbons (Fsp3) is 0.143. The second-order valence-electron chi connectivity index (χ2n) is 5.73. The van der Waals surface area contributed by atoms with Crippen LogP contribution in [0.25, 0.3) is 22.4 Å². The van der Waals surface area contributed by atoms with Crippen LogP contribution in [0.2, 0.25) is 0 Å². The van der Waals surface area contributed by atoms with Gasteiger partial charge in [-0.1, -0.05) is 12.1 Å². The number of nitrogens with one attached hydrogen (secondary N) is 1. The number of aromatic hydroxyl groups is 1. The van der Waals surface area contributed by atoms with Crippen molar-refractivity contribution in [2.24, 2.45) is 0 Å². The molecule has 3 aromatic rings. The maximum absolute atomic E-state index is 10.3. The van der Waals surface area contributed by atoms with Crippen molar-refractivity contribution in [2.75, 3.05) is 19.0 Å². The van der Waals surface area contributed by atoms with Gasteiger partial charge in [0.2, 0.25) is 0 Å². The topological polar surface area (TPSA) is 78.2 Å². The molecule has 0 unspecified atom stereocenters. The molecule has 1 heterocycles. The number of anilines is 1.